The Morgan fingerprint density at radius 3 is 2.45 bits per heavy atom. The van der Waals surface area contributed by atoms with Crippen molar-refractivity contribution in [3.8, 4) is 0 Å². The lowest BCUT2D eigenvalue weighted by Crippen LogP contribution is -2.40. The van der Waals surface area contributed by atoms with Crippen molar-refractivity contribution in [2.45, 2.75) is 10.6 Å². The molecule has 2 aliphatic rings. The number of nitrogens with zero attached hydrogens (tertiary/aromatic N) is 3. The number of carbonyl (C=O) groups excluding carboxylic acids is 2. The van der Waals surface area contributed by atoms with Gasteiger partial charge in [-0.2, -0.15) is 4.31 Å². The predicted molar refractivity (Wildman–Crippen MR) is 114 cm³/mol. The molecule has 0 unspecified atom stereocenters. The van der Waals surface area contributed by atoms with Gasteiger partial charge in [-0.3, -0.25) is 10.1 Å². The molecule has 2 saturated heterocycles. The molecular weight excluding hydrogens is 444 g/mol. The summed E-state index contributed by atoms with van der Waals surface area (Å²) in [7, 11) is -3.59. The van der Waals surface area contributed by atoms with Gasteiger partial charge in [-0.1, -0.05) is 0 Å². The van der Waals surface area contributed by atoms with E-state index < -0.39 is 10.0 Å². The van der Waals surface area contributed by atoms with Crippen LogP contribution in [0.15, 0.2) is 39.2 Å². The molecule has 3 amide bonds. The number of morpholine rings is 1. The van der Waals surface area contributed by atoms with Crippen LogP contribution in [0.3, 0.4) is 0 Å². The van der Waals surface area contributed by atoms with Crippen LogP contribution in [0.25, 0.3) is 0 Å². The molecule has 2 fully saturated rings. The quantitative estimate of drug-likeness (QED) is 0.732. The number of amides is 3. The monoisotopic (exact) mass is 468 g/mol. The van der Waals surface area contributed by atoms with Gasteiger partial charge in [-0.15, -0.1) is 11.3 Å². The van der Waals surface area contributed by atoms with E-state index in [0.717, 1.165) is 11.3 Å². The summed E-state index contributed by atoms with van der Waals surface area (Å²) in [5.41, 5.74) is 0. The lowest BCUT2D eigenvalue weighted by molar-refractivity contribution is 0.0730. The summed E-state index contributed by atoms with van der Waals surface area (Å²) in [5, 5.41) is 3.24. The average Bonchev–Trinajstić information content (AvgIpc) is 3.42. The first-order valence-electron chi connectivity index (χ1n) is 10.0. The van der Waals surface area contributed by atoms with E-state index in [-0.39, 0.29) is 21.9 Å². The summed E-state index contributed by atoms with van der Waals surface area (Å²) in [6.07, 6.45) is 2.10. The third kappa shape index (κ3) is 4.92. The zero-order valence-corrected chi connectivity index (χ0v) is 18.5. The fourth-order valence-electron chi connectivity index (χ4n) is 3.50. The number of nitrogens with one attached hydrogen (secondary N) is 1. The van der Waals surface area contributed by atoms with Crippen molar-refractivity contribution >= 4 is 38.3 Å². The molecule has 0 aromatic carbocycles. The van der Waals surface area contributed by atoms with Crippen LogP contribution in [0.2, 0.25) is 0 Å². The Hall–Kier alpha value is -2.41. The number of carbonyl (C=O) groups is 2. The van der Waals surface area contributed by atoms with Gasteiger partial charge in [0.25, 0.3) is 15.9 Å². The maximum Gasteiger partial charge on any atom is 0.322 e. The molecule has 1 N–H and O–H groups in total. The van der Waals surface area contributed by atoms with E-state index in [1.165, 1.54) is 16.6 Å². The number of sulfonamides is 1. The SMILES string of the molecule is O=C(Nc1ccc(S(=O)(=O)N2CCOCC2)s1)N1CCCN(C(=O)c2ccco2)CC1. The molecule has 2 aliphatic heterocycles. The van der Waals surface area contributed by atoms with Gasteiger partial charge in [-0.25, -0.2) is 13.2 Å². The normalized spacial score (nSPS) is 18.6. The van der Waals surface area contributed by atoms with E-state index in [1.54, 1.807) is 28.0 Å². The lowest BCUT2D eigenvalue weighted by atomic mass is 10.3. The fraction of sp³-hybridized carbons (Fsp3) is 0.474. The van der Waals surface area contributed by atoms with Gasteiger partial charge in [-0.05, 0) is 30.7 Å². The van der Waals surface area contributed by atoms with E-state index in [9.17, 15) is 18.0 Å². The van der Waals surface area contributed by atoms with E-state index in [1.807, 2.05) is 0 Å². The highest BCUT2D eigenvalue weighted by atomic mass is 32.2. The number of rotatable bonds is 4. The van der Waals surface area contributed by atoms with Crippen molar-refractivity contribution in [3.63, 3.8) is 0 Å². The molecule has 2 aromatic heterocycles. The van der Waals surface area contributed by atoms with Crippen LogP contribution in [0, 0.1) is 0 Å². The zero-order chi connectivity index (χ0) is 21.8. The van der Waals surface area contributed by atoms with E-state index in [2.05, 4.69) is 5.32 Å². The maximum atomic E-state index is 12.7. The van der Waals surface area contributed by atoms with Crippen molar-refractivity contribution in [3.05, 3.63) is 36.3 Å². The van der Waals surface area contributed by atoms with Crippen molar-refractivity contribution < 1.29 is 27.2 Å². The highest BCUT2D eigenvalue weighted by Gasteiger charge is 2.29. The first-order chi connectivity index (χ1) is 14.9. The Balaban J connectivity index is 1.35. The minimum atomic E-state index is -3.59. The predicted octanol–water partition coefficient (Wildman–Crippen LogP) is 1.74. The number of anilines is 1. The molecule has 0 spiro atoms. The van der Waals surface area contributed by atoms with Gasteiger partial charge >= 0.3 is 6.03 Å². The smallest absolute Gasteiger partial charge is 0.322 e. The van der Waals surface area contributed by atoms with Crippen LogP contribution >= 0.6 is 11.3 Å². The number of thiophene rings is 1. The van der Waals surface area contributed by atoms with Gasteiger partial charge in [0, 0.05) is 39.3 Å². The summed E-state index contributed by atoms with van der Waals surface area (Å²) in [4.78, 5) is 28.5. The Bertz CT molecular complexity index is 1010. The minimum absolute atomic E-state index is 0.191. The summed E-state index contributed by atoms with van der Waals surface area (Å²) in [5.74, 6) is 0.0916. The van der Waals surface area contributed by atoms with Crippen LogP contribution in [-0.2, 0) is 14.8 Å². The lowest BCUT2D eigenvalue weighted by Gasteiger charge is -2.25. The molecule has 0 aliphatic carbocycles. The molecule has 0 saturated carbocycles. The molecule has 0 atom stereocenters. The topological polar surface area (TPSA) is 112 Å². The number of hydrogen-bond acceptors (Lipinski definition) is 7. The second kappa shape index (κ2) is 9.39. The Labute approximate surface area is 184 Å². The molecule has 12 heteroatoms. The highest BCUT2D eigenvalue weighted by Crippen LogP contribution is 2.29. The molecular formula is C19H24N4O6S2. The van der Waals surface area contributed by atoms with E-state index in [0.29, 0.717) is 63.9 Å². The fourth-order valence-corrected chi connectivity index (χ4v) is 6.26. The van der Waals surface area contributed by atoms with Gasteiger partial charge in [0.2, 0.25) is 0 Å². The molecule has 168 valence electrons. The molecule has 4 heterocycles. The van der Waals surface area contributed by atoms with Gasteiger partial charge in [0.05, 0.1) is 24.5 Å². The highest BCUT2D eigenvalue weighted by molar-refractivity contribution is 7.91. The molecule has 31 heavy (non-hydrogen) atoms. The molecule has 10 nitrogen and oxygen atoms in total. The summed E-state index contributed by atoms with van der Waals surface area (Å²) in [6.45, 7) is 3.20. The first-order valence-corrected chi connectivity index (χ1v) is 12.3. The van der Waals surface area contributed by atoms with Crippen LogP contribution in [0.5, 0.6) is 0 Å². The van der Waals surface area contributed by atoms with Gasteiger partial charge < -0.3 is 19.0 Å². The second-order valence-corrected chi connectivity index (χ2v) is 10.4. The Kier molecular flexibility index (Phi) is 6.60. The molecule has 4 rings (SSSR count). The van der Waals surface area contributed by atoms with Gasteiger partial charge in [0.15, 0.2) is 5.76 Å². The summed E-state index contributed by atoms with van der Waals surface area (Å²) < 4.78 is 37.5. The minimum Gasteiger partial charge on any atom is -0.459 e. The van der Waals surface area contributed by atoms with Crippen molar-refractivity contribution in [2.75, 3.05) is 57.8 Å². The Morgan fingerprint density at radius 1 is 0.968 bits per heavy atom. The standard InChI is InChI=1S/C19H24N4O6S2/c24-18(15-3-1-12-29-15)21-6-2-7-22(9-8-21)19(25)20-16-4-5-17(30-16)31(26,27)23-10-13-28-14-11-23/h1,3-5,12H,2,6-11,13-14H2,(H,20,25). The van der Waals surface area contributed by atoms with E-state index in [4.69, 9.17) is 9.15 Å². The van der Waals surface area contributed by atoms with Gasteiger partial charge in [0.1, 0.15) is 4.21 Å². The number of hydrogen-bond donors (Lipinski definition) is 1. The Morgan fingerprint density at radius 2 is 1.71 bits per heavy atom. The zero-order valence-electron chi connectivity index (χ0n) is 16.9. The number of urea groups is 1. The molecule has 2 aromatic rings. The maximum absolute atomic E-state index is 12.7. The van der Waals surface area contributed by atoms with Crippen molar-refractivity contribution in [2.24, 2.45) is 0 Å². The first kappa shape index (κ1) is 21.8. The molecule has 0 radical (unpaired) electrons. The average molecular weight is 469 g/mol. The molecule has 0 bridgehead atoms. The van der Waals surface area contributed by atoms with Crippen molar-refractivity contribution in [1.29, 1.82) is 0 Å². The van der Waals surface area contributed by atoms with E-state index >= 15 is 0 Å². The summed E-state index contributed by atoms with van der Waals surface area (Å²) >= 11 is 1.03. The second-order valence-electron chi connectivity index (χ2n) is 7.18. The number of ether oxygens (including phenoxy) is 1. The van der Waals surface area contributed by atoms with Crippen LogP contribution < -0.4 is 5.32 Å². The summed E-state index contributed by atoms with van der Waals surface area (Å²) in [6, 6.07) is 6.08. The third-order valence-electron chi connectivity index (χ3n) is 5.18. The van der Waals surface area contributed by atoms with Crippen LogP contribution in [-0.4, -0.2) is 86.9 Å². The van der Waals surface area contributed by atoms with Crippen LogP contribution in [0.1, 0.15) is 17.0 Å². The number of furan rings is 1. The largest absolute Gasteiger partial charge is 0.459 e. The van der Waals surface area contributed by atoms with Crippen molar-refractivity contribution in [1.82, 2.24) is 14.1 Å². The third-order valence-corrected chi connectivity index (χ3v) is 8.54. The van der Waals surface area contributed by atoms with Crippen LogP contribution in [0.4, 0.5) is 9.80 Å².